The van der Waals surface area contributed by atoms with Crippen LogP contribution in [0.4, 0.5) is 5.69 Å². The molecule has 1 heterocycles. The monoisotopic (exact) mass is 439 g/mol. The Bertz CT molecular complexity index is 992. The molecule has 2 N–H and O–H groups in total. The lowest BCUT2D eigenvalue weighted by molar-refractivity contribution is -0.136. The van der Waals surface area contributed by atoms with Crippen molar-refractivity contribution in [1.29, 1.82) is 0 Å². The van der Waals surface area contributed by atoms with Crippen LogP contribution in [0.5, 0.6) is 5.75 Å². The summed E-state index contributed by atoms with van der Waals surface area (Å²) in [5, 5.41) is 12.7. The number of rotatable bonds is 6. The van der Waals surface area contributed by atoms with Gasteiger partial charge in [-0.2, -0.15) is 0 Å². The fraction of sp³-hybridized carbons (Fsp3) is 0.375. The van der Waals surface area contributed by atoms with Crippen molar-refractivity contribution >= 4 is 23.5 Å². The lowest BCUT2D eigenvalue weighted by Crippen LogP contribution is -2.51. The Labute approximate surface area is 187 Å². The van der Waals surface area contributed by atoms with Gasteiger partial charge in [0.05, 0.1) is 12.1 Å². The van der Waals surface area contributed by atoms with Gasteiger partial charge in [-0.1, -0.05) is 24.3 Å². The van der Waals surface area contributed by atoms with Crippen molar-refractivity contribution in [2.45, 2.75) is 20.8 Å². The number of aromatic hydroxyl groups is 1. The average molecular weight is 440 g/mol. The maximum atomic E-state index is 12.4. The van der Waals surface area contributed by atoms with Gasteiger partial charge in [-0.25, -0.2) is 4.79 Å². The molecule has 1 fully saturated rings. The number of para-hydroxylation sites is 1. The van der Waals surface area contributed by atoms with Crippen LogP contribution >= 0.6 is 0 Å². The van der Waals surface area contributed by atoms with E-state index in [-0.39, 0.29) is 36.3 Å². The number of phenols is 1. The van der Waals surface area contributed by atoms with E-state index in [0.717, 1.165) is 16.8 Å². The van der Waals surface area contributed by atoms with Crippen LogP contribution in [0, 0.1) is 20.8 Å². The summed E-state index contributed by atoms with van der Waals surface area (Å²) in [5.74, 6) is -1.02. The standard InChI is InChI=1S/C24H29N3O5/c1-16-7-8-19(13-20(16)28)24(31)32-15-22(30)27-11-9-26(10-12-27)14-21(29)25-23-17(2)5-4-6-18(23)3/h4-8,13,28H,9-12,14-15H2,1-3H3,(H,25,29). The molecule has 2 aromatic rings. The summed E-state index contributed by atoms with van der Waals surface area (Å²) < 4.78 is 5.10. The summed E-state index contributed by atoms with van der Waals surface area (Å²) >= 11 is 0. The molecule has 2 amide bonds. The maximum Gasteiger partial charge on any atom is 0.338 e. The van der Waals surface area contributed by atoms with Crippen molar-refractivity contribution in [3.63, 3.8) is 0 Å². The molecule has 0 aliphatic carbocycles. The van der Waals surface area contributed by atoms with Crippen molar-refractivity contribution in [3.05, 3.63) is 58.7 Å². The minimum absolute atomic E-state index is 0.00326. The molecule has 0 atom stereocenters. The third kappa shape index (κ3) is 5.85. The molecule has 32 heavy (non-hydrogen) atoms. The molecule has 1 saturated heterocycles. The molecular formula is C24H29N3O5. The molecule has 2 aromatic carbocycles. The number of amides is 2. The van der Waals surface area contributed by atoms with E-state index >= 15 is 0 Å². The summed E-state index contributed by atoms with van der Waals surface area (Å²) in [7, 11) is 0. The molecule has 1 aliphatic rings. The van der Waals surface area contributed by atoms with Gasteiger partial charge >= 0.3 is 5.97 Å². The number of carbonyl (C=O) groups is 3. The number of anilines is 1. The highest BCUT2D eigenvalue weighted by atomic mass is 16.5. The molecule has 8 nitrogen and oxygen atoms in total. The molecule has 1 aliphatic heterocycles. The largest absolute Gasteiger partial charge is 0.508 e. The van der Waals surface area contributed by atoms with E-state index in [0.29, 0.717) is 31.7 Å². The molecule has 0 saturated carbocycles. The zero-order valence-electron chi connectivity index (χ0n) is 18.7. The Morgan fingerprint density at radius 1 is 0.969 bits per heavy atom. The highest BCUT2D eigenvalue weighted by Gasteiger charge is 2.24. The van der Waals surface area contributed by atoms with Gasteiger partial charge < -0.3 is 20.1 Å². The first kappa shape index (κ1) is 23.3. The number of phenolic OH excluding ortho intramolecular Hbond substituents is 1. The number of carbonyl (C=O) groups excluding carboxylic acids is 3. The third-order valence-corrected chi connectivity index (χ3v) is 5.61. The number of piperazine rings is 1. The lowest BCUT2D eigenvalue weighted by Gasteiger charge is -2.34. The first-order chi connectivity index (χ1) is 15.2. The molecular weight excluding hydrogens is 410 g/mol. The van der Waals surface area contributed by atoms with E-state index in [1.165, 1.54) is 6.07 Å². The topological polar surface area (TPSA) is 99.2 Å². The normalized spacial score (nSPS) is 14.2. The van der Waals surface area contributed by atoms with E-state index in [1.807, 2.05) is 36.9 Å². The van der Waals surface area contributed by atoms with E-state index in [2.05, 4.69) is 5.32 Å². The number of ether oxygens (including phenoxy) is 1. The number of hydrogen-bond donors (Lipinski definition) is 2. The summed E-state index contributed by atoms with van der Waals surface area (Å²) in [6, 6.07) is 10.4. The molecule has 0 bridgehead atoms. The lowest BCUT2D eigenvalue weighted by atomic mass is 10.1. The molecule has 0 aromatic heterocycles. The Kier molecular flexibility index (Phi) is 7.48. The molecule has 3 rings (SSSR count). The predicted molar refractivity (Wildman–Crippen MR) is 121 cm³/mol. The van der Waals surface area contributed by atoms with Gasteiger partial charge in [-0.3, -0.25) is 14.5 Å². The molecule has 170 valence electrons. The second kappa shape index (κ2) is 10.3. The summed E-state index contributed by atoms with van der Waals surface area (Å²) in [4.78, 5) is 40.6. The van der Waals surface area contributed by atoms with Crippen LogP contribution in [0.3, 0.4) is 0 Å². The minimum Gasteiger partial charge on any atom is -0.508 e. The average Bonchev–Trinajstić information content (AvgIpc) is 2.77. The first-order valence-electron chi connectivity index (χ1n) is 10.6. The fourth-order valence-corrected chi connectivity index (χ4v) is 3.59. The molecule has 0 spiro atoms. The second-order valence-corrected chi connectivity index (χ2v) is 8.05. The summed E-state index contributed by atoms with van der Waals surface area (Å²) in [6.45, 7) is 7.57. The number of esters is 1. The van der Waals surface area contributed by atoms with Gasteiger partial charge in [0.25, 0.3) is 5.91 Å². The van der Waals surface area contributed by atoms with Gasteiger partial charge in [-0.15, -0.1) is 0 Å². The Hall–Kier alpha value is -3.39. The maximum absolute atomic E-state index is 12.4. The van der Waals surface area contributed by atoms with E-state index < -0.39 is 5.97 Å². The van der Waals surface area contributed by atoms with Crippen molar-refractivity contribution in [2.24, 2.45) is 0 Å². The van der Waals surface area contributed by atoms with E-state index in [1.54, 1.807) is 24.0 Å². The van der Waals surface area contributed by atoms with Gasteiger partial charge in [0.1, 0.15) is 5.75 Å². The molecule has 8 heteroatoms. The first-order valence-corrected chi connectivity index (χ1v) is 10.6. The Morgan fingerprint density at radius 2 is 1.62 bits per heavy atom. The van der Waals surface area contributed by atoms with Crippen LogP contribution in [0.1, 0.15) is 27.0 Å². The van der Waals surface area contributed by atoms with Gasteiger partial charge in [0.2, 0.25) is 5.91 Å². The zero-order valence-corrected chi connectivity index (χ0v) is 18.7. The quantitative estimate of drug-likeness (QED) is 0.670. The number of hydrogen-bond acceptors (Lipinski definition) is 6. The van der Waals surface area contributed by atoms with Gasteiger partial charge in [-0.05, 0) is 49.6 Å². The smallest absolute Gasteiger partial charge is 0.338 e. The summed E-state index contributed by atoms with van der Waals surface area (Å²) in [6.07, 6.45) is 0. The number of aryl methyl sites for hydroxylation is 3. The van der Waals surface area contributed by atoms with Crippen LogP contribution in [0.15, 0.2) is 36.4 Å². The molecule has 0 radical (unpaired) electrons. The van der Waals surface area contributed by atoms with Gasteiger partial charge in [0, 0.05) is 31.9 Å². The fourth-order valence-electron chi connectivity index (χ4n) is 3.59. The Balaban J connectivity index is 1.42. The van der Waals surface area contributed by atoms with Crippen molar-refractivity contribution in [1.82, 2.24) is 9.80 Å². The zero-order chi connectivity index (χ0) is 23.3. The third-order valence-electron chi connectivity index (χ3n) is 5.61. The van der Waals surface area contributed by atoms with Crippen molar-refractivity contribution in [3.8, 4) is 5.75 Å². The van der Waals surface area contributed by atoms with E-state index in [4.69, 9.17) is 4.74 Å². The van der Waals surface area contributed by atoms with Gasteiger partial charge in [0.15, 0.2) is 6.61 Å². The van der Waals surface area contributed by atoms with Crippen molar-refractivity contribution in [2.75, 3.05) is 44.6 Å². The van der Waals surface area contributed by atoms with E-state index in [9.17, 15) is 19.5 Å². The Morgan fingerprint density at radius 3 is 2.25 bits per heavy atom. The van der Waals surface area contributed by atoms with Crippen LogP contribution in [0.25, 0.3) is 0 Å². The van der Waals surface area contributed by atoms with Crippen LogP contribution < -0.4 is 5.32 Å². The van der Waals surface area contributed by atoms with Crippen molar-refractivity contribution < 1.29 is 24.2 Å². The summed E-state index contributed by atoms with van der Waals surface area (Å²) in [5.41, 5.74) is 3.72. The molecule has 0 unspecified atom stereocenters. The number of nitrogens with zero attached hydrogens (tertiary/aromatic N) is 2. The van der Waals surface area contributed by atoms with Crippen LogP contribution in [-0.2, 0) is 14.3 Å². The highest BCUT2D eigenvalue weighted by Crippen LogP contribution is 2.20. The highest BCUT2D eigenvalue weighted by molar-refractivity contribution is 5.94. The second-order valence-electron chi connectivity index (χ2n) is 8.05. The number of benzene rings is 2. The minimum atomic E-state index is -0.657. The SMILES string of the molecule is Cc1ccc(C(=O)OCC(=O)N2CCN(CC(=O)Nc3c(C)cccc3C)CC2)cc1O. The predicted octanol–water partition coefficient (Wildman–Crippen LogP) is 2.26. The van der Waals surface area contributed by atoms with Crippen LogP contribution in [0.2, 0.25) is 0 Å². The number of nitrogens with one attached hydrogen (secondary N) is 1. The van der Waals surface area contributed by atoms with Crippen LogP contribution in [-0.4, -0.2) is 72.0 Å².